The molecule has 0 unspecified atom stereocenters. The van der Waals surface area contributed by atoms with E-state index in [1.807, 2.05) is 30.3 Å². The second-order valence-electron chi connectivity index (χ2n) is 6.31. The fraction of sp³-hybridized carbons (Fsp3) is 0.0909. The molecule has 3 aromatic rings. The van der Waals surface area contributed by atoms with Gasteiger partial charge in [0.1, 0.15) is 0 Å². The quantitative estimate of drug-likeness (QED) is 0.459. The van der Waals surface area contributed by atoms with Gasteiger partial charge in [0.25, 0.3) is 11.8 Å². The van der Waals surface area contributed by atoms with Crippen LogP contribution in [0, 0.1) is 10.1 Å². The van der Waals surface area contributed by atoms with Crippen LogP contribution >= 0.6 is 0 Å². The highest BCUT2D eigenvalue weighted by Gasteiger charge is 2.19. The van der Waals surface area contributed by atoms with E-state index in [1.165, 1.54) is 19.2 Å². The van der Waals surface area contributed by atoms with Crippen LogP contribution in [-0.4, -0.2) is 23.8 Å². The van der Waals surface area contributed by atoms with E-state index in [2.05, 4.69) is 10.6 Å². The molecule has 0 aliphatic heterocycles. The minimum atomic E-state index is -0.624. The van der Waals surface area contributed by atoms with Crippen molar-refractivity contribution in [1.29, 1.82) is 0 Å². The highest BCUT2D eigenvalue weighted by molar-refractivity contribution is 6.09. The average Bonchev–Trinajstić information content (AvgIpc) is 2.78. The van der Waals surface area contributed by atoms with Gasteiger partial charge in [-0.25, -0.2) is 0 Å². The van der Waals surface area contributed by atoms with Gasteiger partial charge >= 0.3 is 5.69 Å². The van der Waals surface area contributed by atoms with Gasteiger partial charge in [0.05, 0.1) is 23.3 Å². The first-order chi connectivity index (χ1) is 14.5. The number of ether oxygens (including phenoxy) is 1. The molecule has 2 N–H and O–H groups in total. The van der Waals surface area contributed by atoms with Gasteiger partial charge < -0.3 is 15.4 Å². The Hall–Kier alpha value is -4.20. The smallest absolute Gasteiger partial charge is 0.311 e. The van der Waals surface area contributed by atoms with Gasteiger partial charge in [-0.2, -0.15) is 0 Å². The Kier molecular flexibility index (Phi) is 6.39. The van der Waals surface area contributed by atoms with Crippen molar-refractivity contribution in [1.82, 2.24) is 5.32 Å². The van der Waals surface area contributed by atoms with Gasteiger partial charge in [-0.1, -0.05) is 42.5 Å². The zero-order chi connectivity index (χ0) is 21.5. The average molecular weight is 405 g/mol. The van der Waals surface area contributed by atoms with E-state index >= 15 is 0 Å². The molecular formula is C22H19N3O5. The number of nitrogens with one attached hydrogen (secondary N) is 2. The largest absolute Gasteiger partial charge is 0.490 e. The molecule has 30 heavy (non-hydrogen) atoms. The van der Waals surface area contributed by atoms with Crippen molar-refractivity contribution in [2.45, 2.75) is 6.54 Å². The number of hydrogen-bond acceptors (Lipinski definition) is 5. The van der Waals surface area contributed by atoms with E-state index in [0.29, 0.717) is 12.2 Å². The summed E-state index contributed by atoms with van der Waals surface area (Å²) in [5.74, 6) is -0.878. The maximum absolute atomic E-state index is 12.6. The number of methoxy groups -OCH3 is 1. The lowest BCUT2D eigenvalue weighted by molar-refractivity contribution is -0.385. The summed E-state index contributed by atoms with van der Waals surface area (Å²) in [6.07, 6.45) is 0. The molecule has 0 bridgehead atoms. The number of carbonyl (C=O) groups is 2. The molecule has 152 valence electrons. The topological polar surface area (TPSA) is 111 Å². The maximum Gasteiger partial charge on any atom is 0.311 e. The summed E-state index contributed by atoms with van der Waals surface area (Å²) in [5, 5.41) is 16.6. The molecule has 0 spiro atoms. The van der Waals surface area contributed by atoms with Crippen LogP contribution in [0.25, 0.3) is 0 Å². The van der Waals surface area contributed by atoms with Crippen molar-refractivity contribution in [3.8, 4) is 5.75 Å². The zero-order valence-electron chi connectivity index (χ0n) is 16.1. The molecule has 2 amide bonds. The molecular weight excluding hydrogens is 386 g/mol. The van der Waals surface area contributed by atoms with Gasteiger partial charge in [-0.15, -0.1) is 0 Å². The van der Waals surface area contributed by atoms with Crippen LogP contribution in [0.1, 0.15) is 26.3 Å². The number of anilines is 1. The van der Waals surface area contributed by atoms with Crippen LogP contribution in [-0.2, 0) is 6.54 Å². The Bertz CT molecular complexity index is 1080. The van der Waals surface area contributed by atoms with Crippen molar-refractivity contribution in [3.05, 3.63) is 99.6 Å². The highest BCUT2D eigenvalue weighted by atomic mass is 16.6. The number of nitro benzene ring substituents is 1. The van der Waals surface area contributed by atoms with E-state index in [0.717, 1.165) is 11.6 Å². The van der Waals surface area contributed by atoms with Crippen molar-refractivity contribution in [2.75, 3.05) is 12.4 Å². The summed E-state index contributed by atoms with van der Waals surface area (Å²) in [6.45, 7) is 0.340. The summed E-state index contributed by atoms with van der Waals surface area (Å²) in [6, 6.07) is 19.9. The molecule has 0 aliphatic rings. The lowest BCUT2D eigenvalue weighted by Crippen LogP contribution is -2.24. The first kappa shape index (κ1) is 20.5. The molecule has 3 rings (SSSR count). The molecule has 0 aliphatic carbocycles. The monoisotopic (exact) mass is 405 g/mol. The molecule has 0 atom stereocenters. The molecule has 0 aromatic heterocycles. The summed E-state index contributed by atoms with van der Waals surface area (Å²) < 4.78 is 4.95. The lowest BCUT2D eigenvalue weighted by Gasteiger charge is -2.12. The lowest BCUT2D eigenvalue weighted by atomic mass is 10.1. The predicted octanol–water partition coefficient (Wildman–Crippen LogP) is 3.79. The van der Waals surface area contributed by atoms with Crippen LogP contribution in [0.3, 0.4) is 0 Å². The van der Waals surface area contributed by atoms with Crippen LogP contribution in [0.4, 0.5) is 11.4 Å². The molecule has 3 aromatic carbocycles. The number of nitro groups is 1. The Morgan fingerprint density at radius 3 is 2.37 bits per heavy atom. The second kappa shape index (κ2) is 9.33. The van der Waals surface area contributed by atoms with Crippen molar-refractivity contribution in [2.24, 2.45) is 0 Å². The Morgan fingerprint density at radius 1 is 0.967 bits per heavy atom. The van der Waals surface area contributed by atoms with Crippen molar-refractivity contribution in [3.63, 3.8) is 0 Å². The third kappa shape index (κ3) is 4.79. The standard InChI is InChI=1S/C22H19N3O5/c1-30-20-12-11-16(13-19(20)25(28)29)21(26)24-18-10-6-5-9-17(18)22(27)23-14-15-7-3-2-4-8-15/h2-13H,14H2,1H3,(H,23,27)(H,24,26). The van der Waals surface area contributed by atoms with E-state index in [9.17, 15) is 19.7 Å². The van der Waals surface area contributed by atoms with E-state index in [4.69, 9.17) is 4.74 Å². The molecule has 0 heterocycles. The van der Waals surface area contributed by atoms with E-state index in [1.54, 1.807) is 24.3 Å². The number of nitrogens with zero attached hydrogens (tertiary/aromatic N) is 1. The minimum Gasteiger partial charge on any atom is -0.490 e. The Balaban J connectivity index is 1.77. The fourth-order valence-corrected chi connectivity index (χ4v) is 2.83. The third-order valence-corrected chi connectivity index (χ3v) is 4.35. The molecule has 8 heteroatoms. The van der Waals surface area contributed by atoms with Gasteiger partial charge in [0.15, 0.2) is 5.75 Å². The third-order valence-electron chi connectivity index (χ3n) is 4.35. The summed E-state index contributed by atoms with van der Waals surface area (Å²) in [4.78, 5) is 35.8. The number of benzene rings is 3. The van der Waals surface area contributed by atoms with E-state index in [-0.39, 0.29) is 28.5 Å². The molecule has 0 radical (unpaired) electrons. The van der Waals surface area contributed by atoms with Crippen LogP contribution in [0.15, 0.2) is 72.8 Å². The molecule has 0 saturated carbocycles. The molecule has 8 nitrogen and oxygen atoms in total. The minimum absolute atomic E-state index is 0.0530. The number of rotatable bonds is 7. The Morgan fingerprint density at radius 2 is 1.67 bits per heavy atom. The molecule has 0 saturated heterocycles. The normalized spacial score (nSPS) is 10.2. The van der Waals surface area contributed by atoms with Crippen LogP contribution < -0.4 is 15.4 Å². The number of para-hydroxylation sites is 1. The maximum atomic E-state index is 12.6. The molecule has 0 fully saturated rings. The van der Waals surface area contributed by atoms with Gasteiger partial charge in [-0.3, -0.25) is 19.7 Å². The van der Waals surface area contributed by atoms with Crippen molar-refractivity contribution < 1.29 is 19.2 Å². The first-order valence-corrected chi connectivity index (χ1v) is 9.04. The van der Waals surface area contributed by atoms with Gasteiger partial charge in [0, 0.05) is 18.2 Å². The van der Waals surface area contributed by atoms with Crippen LogP contribution in [0.2, 0.25) is 0 Å². The number of hydrogen-bond donors (Lipinski definition) is 2. The SMILES string of the molecule is COc1ccc(C(=O)Nc2ccccc2C(=O)NCc2ccccc2)cc1[N+](=O)[O-]. The van der Waals surface area contributed by atoms with E-state index < -0.39 is 10.8 Å². The highest BCUT2D eigenvalue weighted by Crippen LogP contribution is 2.28. The second-order valence-corrected chi connectivity index (χ2v) is 6.31. The number of amides is 2. The summed E-state index contributed by atoms with van der Waals surface area (Å²) in [7, 11) is 1.31. The Labute approximate surface area is 172 Å². The predicted molar refractivity (Wildman–Crippen MR) is 112 cm³/mol. The van der Waals surface area contributed by atoms with Crippen LogP contribution in [0.5, 0.6) is 5.75 Å². The summed E-state index contributed by atoms with van der Waals surface area (Å²) in [5.41, 5.74) is 1.27. The summed E-state index contributed by atoms with van der Waals surface area (Å²) >= 11 is 0. The number of carbonyl (C=O) groups excluding carboxylic acids is 2. The van der Waals surface area contributed by atoms with Gasteiger partial charge in [0.2, 0.25) is 0 Å². The van der Waals surface area contributed by atoms with Gasteiger partial charge in [-0.05, 0) is 29.8 Å². The van der Waals surface area contributed by atoms with Crippen molar-refractivity contribution >= 4 is 23.2 Å². The zero-order valence-corrected chi connectivity index (χ0v) is 16.1. The fourth-order valence-electron chi connectivity index (χ4n) is 2.83. The first-order valence-electron chi connectivity index (χ1n) is 9.04.